The average molecular weight is 338 g/mol. The largest absolute Gasteiger partial charge is 0.465 e. The number of rotatable bonds is 5. The highest BCUT2D eigenvalue weighted by Gasteiger charge is 2.21. The quantitative estimate of drug-likeness (QED) is 0.774. The maximum absolute atomic E-state index is 13.8. The number of halogens is 1. The average Bonchev–Trinajstić information content (AvgIpc) is 2.96. The second-order valence-corrected chi connectivity index (χ2v) is 7.04. The molecule has 7 heteroatoms. The van der Waals surface area contributed by atoms with Crippen LogP contribution in [0.15, 0.2) is 22.6 Å². The predicted molar refractivity (Wildman–Crippen MR) is 85.7 cm³/mol. The molecule has 2 aromatic rings. The van der Waals surface area contributed by atoms with E-state index in [1.54, 1.807) is 6.07 Å². The maximum atomic E-state index is 13.8. The number of carbonyl (C=O) groups is 1. The molecular weight excluding hydrogens is 319 g/mol. The zero-order valence-corrected chi connectivity index (χ0v) is 14.4. The topological polar surface area (TPSA) is 65.2 Å². The Morgan fingerprint density at radius 3 is 2.61 bits per heavy atom. The highest BCUT2D eigenvalue weighted by molar-refractivity contribution is 7.97. The van der Waals surface area contributed by atoms with Crippen LogP contribution in [-0.2, 0) is 21.7 Å². The smallest absolute Gasteiger partial charge is 0.340 e. The van der Waals surface area contributed by atoms with Crippen LogP contribution < -0.4 is 0 Å². The number of benzene rings is 1. The molecule has 0 aliphatic heterocycles. The third-order valence-corrected chi connectivity index (χ3v) is 4.03. The van der Waals surface area contributed by atoms with Gasteiger partial charge in [-0.1, -0.05) is 26.8 Å². The molecule has 1 heterocycles. The van der Waals surface area contributed by atoms with Crippen molar-refractivity contribution < 1.29 is 18.3 Å². The van der Waals surface area contributed by atoms with Gasteiger partial charge in [-0.05, 0) is 17.7 Å². The van der Waals surface area contributed by atoms with E-state index >= 15 is 0 Å². The van der Waals surface area contributed by atoms with Gasteiger partial charge in [-0.2, -0.15) is 0 Å². The molecule has 0 bridgehead atoms. The Morgan fingerprint density at radius 1 is 1.30 bits per heavy atom. The van der Waals surface area contributed by atoms with E-state index in [0.29, 0.717) is 23.3 Å². The van der Waals surface area contributed by atoms with Gasteiger partial charge in [0.2, 0.25) is 11.8 Å². The minimum absolute atomic E-state index is 0.0621. The summed E-state index contributed by atoms with van der Waals surface area (Å²) in [6.45, 7) is 6.01. The monoisotopic (exact) mass is 338 g/mol. The first-order valence-electron chi connectivity index (χ1n) is 7.08. The van der Waals surface area contributed by atoms with Gasteiger partial charge >= 0.3 is 5.97 Å². The molecule has 0 unspecified atom stereocenters. The number of esters is 1. The van der Waals surface area contributed by atoms with Crippen LogP contribution in [0.5, 0.6) is 0 Å². The molecule has 0 saturated carbocycles. The molecule has 0 N–H and O–H groups in total. The third kappa shape index (κ3) is 4.54. The molecular formula is C16H19FN2O3S. The second kappa shape index (κ2) is 7.12. The Kier molecular flexibility index (Phi) is 5.41. The number of ether oxygens (including phenoxy) is 1. The first kappa shape index (κ1) is 17.5. The van der Waals surface area contributed by atoms with Gasteiger partial charge < -0.3 is 9.15 Å². The molecule has 1 aromatic carbocycles. The molecule has 0 amide bonds. The van der Waals surface area contributed by atoms with Crippen LogP contribution >= 0.6 is 11.8 Å². The molecule has 0 saturated heterocycles. The number of nitrogens with zero attached hydrogens (tertiary/aromatic N) is 2. The fraction of sp³-hybridized carbons (Fsp3) is 0.438. The summed E-state index contributed by atoms with van der Waals surface area (Å²) in [5.74, 6) is 1.01. The molecule has 0 spiro atoms. The molecule has 1 aromatic heterocycles. The van der Waals surface area contributed by atoms with Crippen molar-refractivity contribution in [1.82, 2.24) is 10.2 Å². The fourth-order valence-electron chi connectivity index (χ4n) is 1.80. The van der Waals surface area contributed by atoms with Gasteiger partial charge in [0.15, 0.2) is 0 Å². The van der Waals surface area contributed by atoms with Crippen LogP contribution in [0.1, 0.15) is 48.5 Å². The minimum Gasteiger partial charge on any atom is -0.465 e. The standard InChI is InChI=1S/C16H19FN2O3S/c1-16(2,3)15-19-18-13(22-15)9-23-8-10-5-6-11(12(17)7-10)14(20)21-4/h5-7H,8-9H2,1-4H3. The minimum atomic E-state index is -0.678. The SMILES string of the molecule is COC(=O)c1ccc(CSCc2nnc(C(C)(C)C)o2)cc1F. The van der Waals surface area contributed by atoms with Crippen LogP contribution in [0.3, 0.4) is 0 Å². The van der Waals surface area contributed by atoms with Crippen molar-refractivity contribution in [2.45, 2.75) is 37.7 Å². The fourth-order valence-corrected chi connectivity index (χ4v) is 2.60. The Hall–Kier alpha value is -1.89. The first-order chi connectivity index (χ1) is 10.8. The van der Waals surface area contributed by atoms with Gasteiger partial charge in [0.1, 0.15) is 5.82 Å². The summed E-state index contributed by atoms with van der Waals surface area (Å²) in [4.78, 5) is 11.3. The van der Waals surface area contributed by atoms with E-state index in [-0.39, 0.29) is 11.0 Å². The van der Waals surface area contributed by atoms with Crippen molar-refractivity contribution in [2.24, 2.45) is 0 Å². The number of hydrogen-bond donors (Lipinski definition) is 0. The highest BCUT2D eigenvalue weighted by Crippen LogP contribution is 2.23. The lowest BCUT2D eigenvalue weighted by Crippen LogP contribution is -2.11. The van der Waals surface area contributed by atoms with Gasteiger partial charge in [0.05, 0.1) is 18.4 Å². The number of methoxy groups -OCH3 is 1. The van der Waals surface area contributed by atoms with Gasteiger partial charge in [0, 0.05) is 11.2 Å². The molecule has 124 valence electrons. The number of thioether (sulfide) groups is 1. The highest BCUT2D eigenvalue weighted by atomic mass is 32.2. The van der Waals surface area contributed by atoms with E-state index < -0.39 is 11.8 Å². The second-order valence-electron chi connectivity index (χ2n) is 6.05. The van der Waals surface area contributed by atoms with E-state index in [4.69, 9.17) is 4.42 Å². The van der Waals surface area contributed by atoms with Gasteiger partial charge in [0.25, 0.3) is 0 Å². The van der Waals surface area contributed by atoms with Crippen molar-refractivity contribution in [3.05, 3.63) is 46.9 Å². The van der Waals surface area contributed by atoms with Crippen LogP contribution in [0.2, 0.25) is 0 Å². The van der Waals surface area contributed by atoms with Crippen LogP contribution in [0.4, 0.5) is 4.39 Å². The zero-order chi connectivity index (χ0) is 17.0. The Labute approximate surface area is 138 Å². The molecule has 0 fully saturated rings. The summed E-state index contributed by atoms with van der Waals surface area (Å²) in [6.07, 6.45) is 0. The van der Waals surface area contributed by atoms with Crippen molar-refractivity contribution >= 4 is 17.7 Å². The van der Waals surface area contributed by atoms with E-state index in [9.17, 15) is 9.18 Å². The van der Waals surface area contributed by atoms with Gasteiger partial charge in [-0.25, -0.2) is 9.18 Å². The molecule has 2 rings (SSSR count). The lowest BCUT2D eigenvalue weighted by molar-refractivity contribution is 0.0595. The Balaban J connectivity index is 1.93. The zero-order valence-electron chi connectivity index (χ0n) is 13.6. The first-order valence-corrected chi connectivity index (χ1v) is 8.24. The lowest BCUT2D eigenvalue weighted by Gasteiger charge is -2.10. The van der Waals surface area contributed by atoms with E-state index in [2.05, 4.69) is 14.9 Å². The normalized spacial score (nSPS) is 11.5. The van der Waals surface area contributed by atoms with Crippen molar-refractivity contribution in [1.29, 1.82) is 0 Å². The van der Waals surface area contributed by atoms with E-state index in [0.717, 1.165) is 5.56 Å². The maximum Gasteiger partial charge on any atom is 0.340 e. The number of aromatic nitrogens is 2. The van der Waals surface area contributed by atoms with E-state index in [1.807, 2.05) is 20.8 Å². The summed E-state index contributed by atoms with van der Waals surface area (Å²) in [6, 6.07) is 4.48. The Bertz CT molecular complexity index is 695. The summed E-state index contributed by atoms with van der Waals surface area (Å²) in [7, 11) is 1.22. The molecule has 0 radical (unpaired) electrons. The van der Waals surface area contributed by atoms with E-state index in [1.165, 1.54) is 31.0 Å². The van der Waals surface area contributed by atoms with Gasteiger partial charge in [-0.15, -0.1) is 22.0 Å². The van der Waals surface area contributed by atoms with Crippen molar-refractivity contribution in [2.75, 3.05) is 7.11 Å². The van der Waals surface area contributed by atoms with Crippen molar-refractivity contribution in [3.8, 4) is 0 Å². The summed E-state index contributed by atoms with van der Waals surface area (Å²) in [5, 5.41) is 8.03. The molecule has 5 nitrogen and oxygen atoms in total. The summed E-state index contributed by atoms with van der Waals surface area (Å²) >= 11 is 1.53. The molecule has 0 aliphatic carbocycles. The molecule has 0 aliphatic rings. The third-order valence-electron chi connectivity index (χ3n) is 3.04. The summed E-state index contributed by atoms with van der Waals surface area (Å²) < 4.78 is 23.9. The Morgan fingerprint density at radius 2 is 2.04 bits per heavy atom. The van der Waals surface area contributed by atoms with Crippen LogP contribution in [0, 0.1) is 5.82 Å². The molecule has 0 atom stereocenters. The van der Waals surface area contributed by atoms with Crippen LogP contribution in [-0.4, -0.2) is 23.3 Å². The summed E-state index contributed by atoms with van der Waals surface area (Å²) in [5.41, 5.74) is 0.534. The van der Waals surface area contributed by atoms with Gasteiger partial charge in [-0.3, -0.25) is 0 Å². The van der Waals surface area contributed by atoms with Crippen LogP contribution in [0.25, 0.3) is 0 Å². The number of hydrogen-bond acceptors (Lipinski definition) is 6. The number of carbonyl (C=O) groups excluding carboxylic acids is 1. The van der Waals surface area contributed by atoms with Crippen molar-refractivity contribution in [3.63, 3.8) is 0 Å². The lowest BCUT2D eigenvalue weighted by atomic mass is 9.97. The predicted octanol–water partition coefficient (Wildman–Crippen LogP) is 3.73. The molecule has 23 heavy (non-hydrogen) atoms.